The highest BCUT2D eigenvalue weighted by Gasteiger charge is 2.41. The van der Waals surface area contributed by atoms with Gasteiger partial charge < -0.3 is 0 Å². The zero-order chi connectivity index (χ0) is 10.6. The SMILES string of the molecule is C#CCCC(=O)C1(N(C)C)CCCC1. The molecule has 0 unspecified atom stereocenters. The smallest absolute Gasteiger partial charge is 0.154 e. The molecule has 1 saturated carbocycles. The summed E-state index contributed by atoms with van der Waals surface area (Å²) in [6, 6.07) is 0. The Hall–Kier alpha value is -0.810. The first-order chi connectivity index (χ1) is 6.63. The molecular weight excluding hydrogens is 174 g/mol. The van der Waals surface area contributed by atoms with Crippen molar-refractivity contribution >= 4 is 5.78 Å². The van der Waals surface area contributed by atoms with Crippen LogP contribution in [0.1, 0.15) is 38.5 Å². The minimum absolute atomic E-state index is 0.198. The third kappa shape index (κ3) is 1.99. The van der Waals surface area contributed by atoms with Crippen LogP contribution in [0.4, 0.5) is 0 Å². The molecule has 1 aliphatic carbocycles. The van der Waals surface area contributed by atoms with E-state index >= 15 is 0 Å². The quantitative estimate of drug-likeness (QED) is 0.635. The lowest BCUT2D eigenvalue weighted by Gasteiger charge is -2.34. The predicted molar refractivity (Wildman–Crippen MR) is 58.0 cm³/mol. The van der Waals surface area contributed by atoms with Crippen LogP contribution in [-0.4, -0.2) is 30.3 Å². The molecule has 0 spiro atoms. The maximum absolute atomic E-state index is 12.0. The Morgan fingerprint density at radius 3 is 2.43 bits per heavy atom. The van der Waals surface area contributed by atoms with E-state index in [1.54, 1.807) is 0 Å². The normalized spacial score (nSPS) is 19.6. The van der Waals surface area contributed by atoms with Crippen LogP contribution >= 0.6 is 0 Å². The van der Waals surface area contributed by atoms with E-state index in [1.807, 2.05) is 14.1 Å². The first kappa shape index (κ1) is 11.3. The number of nitrogens with zero attached hydrogens (tertiary/aromatic N) is 1. The Morgan fingerprint density at radius 1 is 1.43 bits per heavy atom. The molecule has 2 nitrogen and oxygen atoms in total. The molecule has 78 valence electrons. The predicted octanol–water partition coefficient (Wildman–Crippen LogP) is 1.84. The summed E-state index contributed by atoms with van der Waals surface area (Å²) in [6.07, 6.45) is 10.6. The van der Waals surface area contributed by atoms with Gasteiger partial charge in [0.15, 0.2) is 5.78 Å². The van der Waals surface area contributed by atoms with Crippen molar-refractivity contribution in [3.63, 3.8) is 0 Å². The number of terminal acetylenes is 1. The van der Waals surface area contributed by atoms with Gasteiger partial charge >= 0.3 is 0 Å². The lowest BCUT2D eigenvalue weighted by molar-refractivity contribution is -0.129. The summed E-state index contributed by atoms with van der Waals surface area (Å²) in [7, 11) is 4.00. The summed E-state index contributed by atoms with van der Waals surface area (Å²) in [4.78, 5) is 14.1. The molecule has 0 bridgehead atoms. The highest BCUT2D eigenvalue weighted by Crippen LogP contribution is 2.35. The fraction of sp³-hybridized carbons (Fsp3) is 0.750. The minimum atomic E-state index is -0.198. The molecule has 0 aromatic heterocycles. The molecule has 1 rings (SSSR count). The minimum Gasteiger partial charge on any atom is -0.298 e. The summed E-state index contributed by atoms with van der Waals surface area (Å²) >= 11 is 0. The Labute approximate surface area is 86.7 Å². The molecule has 0 amide bonds. The Bertz CT molecular complexity index is 244. The molecule has 0 N–H and O–H groups in total. The van der Waals surface area contributed by atoms with E-state index in [4.69, 9.17) is 6.42 Å². The number of rotatable bonds is 4. The van der Waals surface area contributed by atoms with E-state index in [-0.39, 0.29) is 5.54 Å². The van der Waals surface area contributed by atoms with Gasteiger partial charge in [-0.3, -0.25) is 9.69 Å². The van der Waals surface area contributed by atoms with E-state index in [1.165, 1.54) is 12.8 Å². The molecule has 1 aliphatic rings. The van der Waals surface area contributed by atoms with Crippen molar-refractivity contribution in [3.8, 4) is 12.3 Å². The summed E-state index contributed by atoms with van der Waals surface area (Å²) < 4.78 is 0. The zero-order valence-electron chi connectivity index (χ0n) is 9.18. The number of likely N-dealkylation sites (N-methyl/N-ethyl adjacent to an activating group) is 1. The van der Waals surface area contributed by atoms with Crippen LogP contribution in [0.5, 0.6) is 0 Å². The van der Waals surface area contributed by atoms with Gasteiger partial charge in [0, 0.05) is 12.8 Å². The van der Waals surface area contributed by atoms with E-state index in [0.717, 1.165) is 12.8 Å². The number of carbonyl (C=O) groups is 1. The summed E-state index contributed by atoms with van der Waals surface area (Å²) in [5.41, 5.74) is -0.198. The van der Waals surface area contributed by atoms with Gasteiger partial charge in [-0.2, -0.15) is 0 Å². The van der Waals surface area contributed by atoms with Gasteiger partial charge in [0.25, 0.3) is 0 Å². The maximum atomic E-state index is 12.0. The average molecular weight is 193 g/mol. The second-order valence-corrected chi connectivity index (χ2v) is 4.26. The fourth-order valence-corrected chi connectivity index (χ4v) is 2.35. The molecule has 0 heterocycles. The van der Waals surface area contributed by atoms with Gasteiger partial charge in [-0.1, -0.05) is 12.8 Å². The first-order valence-corrected chi connectivity index (χ1v) is 5.28. The van der Waals surface area contributed by atoms with Crippen LogP contribution < -0.4 is 0 Å². The Balaban J connectivity index is 2.68. The van der Waals surface area contributed by atoms with Crippen LogP contribution in [0.25, 0.3) is 0 Å². The zero-order valence-corrected chi connectivity index (χ0v) is 9.18. The number of ketones is 1. The second-order valence-electron chi connectivity index (χ2n) is 4.26. The van der Waals surface area contributed by atoms with Gasteiger partial charge in [-0.05, 0) is 26.9 Å². The standard InChI is InChI=1S/C12H19NO/c1-4-5-8-11(14)12(13(2)3)9-6-7-10-12/h1H,5-10H2,2-3H3. The highest BCUT2D eigenvalue weighted by molar-refractivity contribution is 5.88. The first-order valence-electron chi connectivity index (χ1n) is 5.28. The number of carbonyl (C=O) groups excluding carboxylic acids is 1. The van der Waals surface area contributed by atoms with Crippen molar-refractivity contribution in [3.05, 3.63) is 0 Å². The van der Waals surface area contributed by atoms with Crippen molar-refractivity contribution in [2.75, 3.05) is 14.1 Å². The van der Waals surface area contributed by atoms with Crippen molar-refractivity contribution in [1.29, 1.82) is 0 Å². The molecule has 0 aromatic rings. The van der Waals surface area contributed by atoms with Gasteiger partial charge in [0.1, 0.15) is 0 Å². The molecule has 14 heavy (non-hydrogen) atoms. The van der Waals surface area contributed by atoms with Crippen LogP contribution in [0.3, 0.4) is 0 Å². The average Bonchev–Trinajstić information content (AvgIpc) is 2.63. The molecule has 0 radical (unpaired) electrons. The number of hydrogen-bond donors (Lipinski definition) is 0. The van der Waals surface area contributed by atoms with Gasteiger partial charge in [0.05, 0.1) is 5.54 Å². The fourth-order valence-electron chi connectivity index (χ4n) is 2.35. The van der Waals surface area contributed by atoms with Crippen LogP contribution in [0, 0.1) is 12.3 Å². The molecule has 0 atom stereocenters. The van der Waals surface area contributed by atoms with E-state index < -0.39 is 0 Å². The van der Waals surface area contributed by atoms with E-state index in [0.29, 0.717) is 18.6 Å². The lowest BCUT2D eigenvalue weighted by Crippen LogP contribution is -2.48. The molecular formula is C12H19NO. The van der Waals surface area contributed by atoms with Crippen LogP contribution in [0.15, 0.2) is 0 Å². The second kappa shape index (κ2) is 4.61. The molecule has 2 heteroatoms. The van der Waals surface area contributed by atoms with Gasteiger partial charge in [-0.15, -0.1) is 12.3 Å². The molecule has 0 aromatic carbocycles. The van der Waals surface area contributed by atoms with Crippen molar-refractivity contribution in [2.24, 2.45) is 0 Å². The monoisotopic (exact) mass is 193 g/mol. The van der Waals surface area contributed by atoms with Crippen molar-refractivity contribution in [1.82, 2.24) is 4.90 Å². The Morgan fingerprint density at radius 2 is 2.00 bits per heavy atom. The molecule has 0 aliphatic heterocycles. The van der Waals surface area contributed by atoms with Gasteiger partial charge in [-0.25, -0.2) is 0 Å². The lowest BCUT2D eigenvalue weighted by atomic mass is 9.88. The third-order valence-corrected chi connectivity index (χ3v) is 3.30. The van der Waals surface area contributed by atoms with Crippen LogP contribution in [-0.2, 0) is 4.79 Å². The van der Waals surface area contributed by atoms with E-state index in [9.17, 15) is 4.79 Å². The number of hydrogen-bond acceptors (Lipinski definition) is 2. The third-order valence-electron chi connectivity index (χ3n) is 3.30. The molecule has 0 saturated heterocycles. The van der Waals surface area contributed by atoms with Crippen molar-refractivity contribution < 1.29 is 4.79 Å². The summed E-state index contributed by atoms with van der Waals surface area (Å²) in [5, 5.41) is 0. The van der Waals surface area contributed by atoms with Crippen LogP contribution in [0.2, 0.25) is 0 Å². The van der Waals surface area contributed by atoms with E-state index in [2.05, 4.69) is 10.8 Å². The Kier molecular flexibility index (Phi) is 3.71. The topological polar surface area (TPSA) is 20.3 Å². The maximum Gasteiger partial charge on any atom is 0.154 e. The summed E-state index contributed by atoms with van der Waals surface area (Å²) in [6.45, 7) is 0. The van der Waals surface area contributed by atoms with Gasteiger partial charge in [0.2, 0.25) is 0 Å². The number of Topliss-reactive ketones (excluding diaryl/α,β-unsaturated/α-hetero) is 1. The van der Waals surface area contributed by atoms with Crippen molar-refractivity contribution in [2.45, 2.75) is 44.1 Å². The molecule has 1 fully saturated rings. The largest absolute Gasteiger partial charge is 0.298 e. The summed E-state index contributed by atoms with van der Waals surface area (Å²) in [5.74, 6) is 2.87. The highest BCUT2D eigenvalue weighted by atomic mass is 16.1.